The highest BCUT2D eigenvalue weighted by atomic mass is 15.2. The number of aryl methyl sites for hydroxylation is 1. The third-order valence-electron chi connectivity index (χ3n) is 5.39. The zero-order valence-corrected chi connectivity index (χ0v) is 16.9. The van der Waals surface area contributed by atoms with Gasteiger partial charge < -0.3 is 14.8 Å². The van der Waals surface area contributed by atoms with Gasteiger partial charge >= 0.3 is 0 Å². The summed E-state index contributed by atoms with van der Waals surface area (Å²) in [5.41, 5.74) is 6.22. The van der Waals surface area contributed by atoms with E-state index in [2.05, 4.69) is 78.1 Å². The molecule has 5 heteroatoms. The average Bonchev–Trinajstić information content (AvgIpc) is 3.08. The van der Waals surface area contributed by atoms with Gasteiger partial charge in [0.15, 0.2) is 0 Å². The first-order valence-corrected chi connectivity index (χ1v) is 9.84. The molecule has 2 aliphatic rings. The van der Waals surface area contributed by atoms with Gasteiger partial charge in [0, 0.05) is 38.5 Å². The Hall–Kier alpha value is -2.40. The van der Waals surface area contributed by atoms with E-state index in [0.29, 0.717) is 0 Å². The molecule has 0 bridgehead atoms. The van der Waals surface area contributed by atoms with Crippen LogP contribution in [0, 0.1) is 0 Å². The first kappa shape index (κ1) is 19.4. The number of aromatic nitrogens is 2. The number of hydrogen-bond acceptors (Lipinski definition) is 4. The van der Waals surface area contributed by atoms with Crippen LogP contribution in [0.15, 0.2) is 58.5 Å². The topological polar surface area (TPSA) is 45.5 Å². The minimum absolute atomic E-state index is 0.0900. The van der Waals surface area contributed by atoms with Crippen LogP contribution in [-0.2, 0) is 13.5 Å². The molecule has 144 valence electrons. The summed E-state index contributed by atoms with van der Waals surface area (Å²) < 4.78 is 2.10. The predicted octanol–water partition coefficient (Wildman–Crippen LogP) is 3.37. The van der Waals surface area contributed by atoms with Crippen molar-refractivity contribution in [3.63, 3.8) is 0 Å². The molecule has 0 radical (unpaired) electrons. The minimum Gasteiger partial charge on any atom is -0.352 e. The third-order valence-corrected chi connectivity index (χ3v) is 5.39. The number of likely N-dealkylation sites (N-methyl/N-ethyl adjacent to an activating group) is 1. The lowest BCUT2D eigenvalue weighted by molar-refractivity contribution is 0.309. The second-order valence-corrected chi connectivity index (χ2v) is 7.07. The molecule has 3 rings (SSSR count). The van der Waals surface area contributed by atoms with Crippen LogP contribution in [0.2, 0.25) is 0 Å². The lowest BCUT2D eigenvalue weighted by Gasteiger charge is -2.32. The molecule has 1 aromatic heterocycles. The fourth-order valence-corrected chi connectivity index (χ4v) is 3.65. The van der Waals surface area contributed by atoms with Crippen molar-refractivity contribution < 1.29 is 0 Å². The van der Waals surface area contributed by atoms with Gasteiger partial charge in [-0.1, -0.05) is 31.2 Å². The number of allylic oxidation sites excluding steroid dienone is 5. The molecular weight excluding hydrogens is 334 g/mol. The summed E-state index contributed by atoms with van der Waals surface area (Å²) in [5, 5.41) is 3.36. The monoisotopic (exact) mass is 365 g/mol. The summed E-state index contributed by atoms with van der Waals surface area (Å²) >= 11 is 0. The third kappa shape index (κ3) is 4.48. The highest BCUT2D eigenvalue weighted by molar-refractivity contribution is 5.80. The van der Waals surface area contributed by atoms with Crippen molar-refractivity contribution in [2.45, 2.75) is 39.3 Å². The van der Waals surface area contributed by atoms with Crippen molar-refractivity contribution in [1.82, 2.24) is 19.8 Å². The second-order valence-electron chi connectivity index (χ2n) is 7.07. The van der Waals surface area contributed by atoms with Crippen LogP contribution in [0.5, 0.6) is 0 Å². The Morgan fingerprint density at radius 3 is 3.00 bits per heavy atom. The van der Waals surface area contributed by atoms with Crippen molar-refractivity contribution in [3.8, 4) is 0 Å². The maximum atomic E-state index is 4.77. The molecule has 2 aliphatic heterocycles. The molecule has 0 saturated carbocycles. The molecular formula is C22H31N5. The van der Waals surface area contributed by atoms with E-state index in [0.717, 1.165) is 38.0 Å². The van der Waals surface area contributed by atoms with Crippen LogP contribution in [0.1, 0.15) is 38.1 Å². The molecule has 0 spiro atoms. The molecule has 0 aliphatic carbocycles. The standard InChI is InChI=1S/C22H31N5/c1-5-18(6-2)20(9-7-8-17-10-12-23-13-11-17)27(4)22-14-21-19(15-24-22)25-16-26(21)3/h5,7-10,15-16,22-23H,6,11-14H2,1-4H3/b8-7+,18-5-,20-9+. The minimum atomic E-state index is 0.0900. The molecule has 0 fully saturated rings. The Balaban J connectivity index is 1.82. The largest absolute Gasteiger partial charge is 0.352 e. The summed E-state index contributed by atoms with van der Waals surface area (Å²) in [6.45, 7) is 6.35. The number of aliphatic imine (C=N–C) groups is 1. The summed E-state index contributed by atoms with van der Waals surface area (Å²) in [4.78, 5) is 11.5. The smallest absolute Gasteiger partial charge is 0.126 e. The van der Waals surface area contributed by atoms with E-state index in [1.54, 1.807) is 0 Å². The SMILES string of the molecule is C\C=C(CC)/C(=C\C=C\C1=CCNCC1)N(C)C1Cc2c(ncn2C)C=N1. The van der Waals surface area contributed by atoms with Gasteiger partial charge in [0.25, 0.3) is 0 Å². The summed E-state index contributed by atoms with van der Waals surface area (Å²) in [6.07, 6.45) is 18.0. The number of rotatable bonds is 6. The number of nitrogens with one attached hydrogen (secondary N) is 1. The van der Waals surface area contributed by atoms with Crippen LogP contribution in [0.3, 0.4) is 0 Å². The highest BCUT2D eigenvalue weighted by Gasteiger charge is 2.24. The molecule has 27 heavy (non-hydrogen) atoms. The number of nitrogens with zero attached hydrogens (tertiary/aromatic N) is 4. The molecule has 0 saturated heterocycles. The Bertz CT molecular complexity index is 807. The lowest BCUT2D eigenvalue weighted by Crippen LogP contribution is -2.34. The molecule has 5 nitrogen and oxygen atoms in total. The van der Waals surface area contributed by atoms with E-state index in [-0.39, 0.29) is 6.17 Å². The zero-order valence-electron chi connectivity index (χ0n) is 16.9. The van der Waals surface area contributed by atoms with Crippen LogP contribution < -0.4 is 5.32 Å². The van der Waals surface area contributed by atoms with Gasteiger partial charge in [0.1, 0.15) is 11.9 Å². The molecule has 1 atom stereocenters. The predicted molar refractivity (Wildman–Crippen MR) is 113 cm³/mol. The van der Waals surface area contributed by atoms with Gasteiger partial charge in [-0.15, -0.1) is 0 Å². The normalized spacial score (nSPS) is 20.7. The lowest BCUT2D eigenvalue weighted by atomic mass is 10.0. The van der Waals surface area contributed by atoms with Crippen molar-refractivity contribution in [2.24, 2.45) is 12.0 Å². The van der Waals surface area contributed by atoms with Crippen LogP contribution in [0.25, 0.3) is 0 Å². The molecule has 0 amide bonds. The summed E-state index contributed by atoms with van der Waals surface area (Å²) in [5.74, 6) is 0. The van der Waals surface area contributed by atoms with E-state index >= 15 is 0 Å². The molecule has 0 aromatic carbocycles. The Kier molecular flexibility index (Phi) is 6.45. The van der Waals surface area contributed by atoms with Crippen molar-refractivity contribution in [1.29, 1.82) is 0 Å². The second kappa shape index (κ2) is 9.00. The number of imidazole rings is 1. The Morgan fingerprint density at radius 2 is 2.30 bits per heavy atom. The van der Waals surface area contributed by atoms with E-state index in [9.17, 15) is 0 Å². The molecule has 1 aromatic rings. The Morgan fingerprint density at radius 1 is 1.44 bits per heavy atom. The fraction of sp³-hybridized carbons (Fsp3) is 0.455. The van der Waals surface area contributed by atoms with Gasteiger partial charge in [-0.3, -0.25) is 4.99 Å². The fourth-order valence-electron chi connectivity index (χ4n) is 3.65. The summed E-state index contributed by atoms with van der Waals surface area (Å²) in [7, 11) is 4.20. The van der Waals surface area contributed by atoms with Crippen LogP contribution in [-0.4, -0.2) is 47.0 Å². The zero-order chi connectivity index (χ0) is 19.2. The van der Waals surface area contributed by atoms with E-state index in [1.807, 2.05) is 12.5 Å². The van der Waals surface area contributed by atoms with Gasteiger partial charge in [-0.2, -0.15) is 0 Å². The van der Waals surface area contributed by atoms with Gasteiger partial charge in [-0.25, -0.2) is 4.98 Å². The first-order valence-electron chi connectivity index (χ1n) is 9.84. The molecule has 1 N–H and O–H groups in total. The van der Waals surface area contributed by atoms with Gasteiger partial charge in [0.2, 0.25) is 0 Å². The maximum Gasteiger partial charge on any atom is 0.126 e. The van der Waals surface area contributed by atoms with E-state index in [1.165, 1.54) is 22.5 Å². The molecule has 3 heterocycles. The van der Waals surface area contributed by atoms with Crippen LogP contribution in [0.4, 0.5) is 0 Å². The van der Waals surface area contributed by atoms with Crippen molar-refractivity contribution >= 4 is 6.21 Å². The van der Waals surface area contributed by atoms with E-state index < -0.39 is 0 Å². The first-order chi connectivity index (χ1) is 13.1. The van der Waals surface area contributed by atoms with Crippen molar-refractivity contribution in [2.75, 3.05) is 20.1 Å². The maximum absolute atomic E-state index is 4.77. The molecule has 1 unspecified atom stereocenters. The van der Waals surface area contributed by atoms with Gasteiger partial charge in [-0.05, 0) is 43.5 Å². The average molecular weight is 366 g/mol. The number of hydrogen-bond donors (Lipinski definition) is 1. The van der Waals surface area contributed by atoms with Gasteiger partial charge in [0.05, 0.1) is 12.5 Å². The summed E-state index contributed by atoms with van der Waals surface area (Å²) in [6, 6.07) is 0. The quantitative estimate of drug-likeness (QED) is 0.786. The highest BCUT2D eigenvalue weighted by Crippen LogP contribution is 2.24. The Labute approximate surface area is 162 Å². The number of fused-ring (bicyclic) bond motifs is 1. The van der Waals surface area contributed by atoms with Crippen LogP contribution >= 0.6 is 0 Å². The van der Waals surface area contributed by atoms with Crippen molar-refractivity contribution in [3.05, 3.63) is 64.9 Å². The van der Waals surface area contributed by atoms with E-state index in [4.69, 9.17) is 4.99 Å².